The van der Waals surface area contributed by atoms with Crippen molar-refractivity contribution in [2.45, 2.75) is 13.8 Å². The zero-order chi connectivity index (χ0) is 10.5. The SMILES string of the molecule is COP(=S)(OC)O/N=C(\C)C(C)=O. The van der Waals surface area contributed by atoms with Gasteiger partial charge in [0.05, 0.1) is 0 Å². The minimum atomic E-state index is -2.78. The van der Waals surface area contributed by atoms with Gasteiger partial charge in [-0.25, -0.2) is 0 Å². The van der Waals surface area contributed by atoms with E-state index in [2.05, 4.69) is 5.16 Å². The average Bonchev–Trinajstić information content (AvgIpc) is 2.13. The standard InChI is InChI=1S/C6H12NO4PS/c1-5(6(2)8)7-11-12(13,9-3)10-4/h1-4H3/b7-5+. The average molecular weight is 225 g/mol. The number of hydrogen-bond donors (Lipinski definition) is 0. The number of nitrogens with zero attached hydrogens (tertiary/aromatic N) is 1. The van der Waals surface area contributed by atoms with Crippen LogP contribution in [-0.4, -0.2) is 25.7 Å². The van der Waals surface area contributed by atoms with Gasteiger partial charge in [-0.05, 0) is 6.92 Å². The zero-order valence-electron chi connectivity index (χ0n) is 7.94. The quantitative estimate of drug-likeness (QED) is 0.403. The second-order valence-corrected chi connectivity index (χ2v) is 5.26. The first kappa shape index (κ1) is 12.7. The summed E-state index contributed by atoms with van der Waals surface area (Å²) in [4.78, 5) is 10.7. The van der Waals surface area contributed by atoms with Crippen molar-refractivity contribution in [3.63, 3.8) is 0 Å². The lowest BCUT2D eigenvalue weighted by molar-refractivity contribution is -0.111. The molecule has 0 atom stereocenters. The van der Waals surface area contributed by atoms with Gasteiger partial charge in [0.25, 0.3) is 0 Å². The van der Waals surface area contributed by atoms with Gasteiger partial charge in [0.1, 0.15) is 5.71 Å². The molecule has 0 aliphatic carbocycles. The molecule has 0 amide bonds. The maximum Gasteiger partial charge on any atom is 0.401 e. The predicted molar refractivity (Wildman–Crippen MR) is 53.2 cm³/mol. The summed E-state index contributed by atoms with van der Waals surface area (Å²) in [5.41, 5.74) is 0.225. The van der Waals surface area contributed by atoms with E-state index in [1.165, 1.54) is 28.1 Å². The highest BCUT2D eigenvalue weighted by Gasteiger charge is 2.17. The number of carbonyl (C=O) groups excluding carboxylic acids is 1. The normalized spacial score (nSPS) is 12.8. The number of carbonyl (C=O) groups is 1. The van der Waals surface area contributed by atoms with Crippen molar-refractivity contribution in [3.8, 4) is 0 Å². The molecule has 0 N–H and O–H groups in total. The Morgan fingerprint density at radius 1 is 1.31 bits per heavy atom. The Labute approximate surface area is 82.3 Å². The number of rotatable bonds is 5. The summed E-state index contributed by atoms with van der Waals surface area (Å²) < 4.78 is 14.4. The molecule has 0 aliphatic heterocycles. The van der Waals surface area contributed by atoms with Gasteiger partial charge in [-0.3, -0.25) is 4.79 Å². The van der Waals surface area contributed by atoms with Gasteiger partial charge in [-0.15, -0.1) is 0 Å². The van der Waals surface area contributed by atoms with Gasteiger partial charge in [-0.2, -0.15) is 0 Å². The van der Waals surface area contributed by atoms with Crippen LogP contribution in [0.25, 0.3) is 0 Å². The Morgan fingerprint density at radius 2 is 1.77 bits per heavy atom. The van der Waals surface area contributed by atoms with Gasteiger partial charge in [0.15, 0.2) is 5.78 Å². The van der Waals surface area contributed by atoms with Gasteiger partial charge in [0.2, 0.25) is 0 Å². The third kappa shape index (κ3) is 4.47. The molecule has 0 saturated heterocycles. The molecule has 5 nitrogen and oxygen atoms in total. The first-order valence-corrected chi connectivity index (χ1v) is 5.96. The van der Waals surface area contributed by atoms with E-state index in [1.807, 2.05) is 0 Å². The van der Waals surface area contributed by atoms with Crippen LogP contribution < -0.4 is 0 Å². The van der Waals surface area contributed by atoms with Crippen LogP contribution in [0.5, 0.6) is 0 Å². The smallest absolute Gasteiger partial charge is 0.313 e. The van der Waals surface area contributed by atoms with E-state index in [1.54, 1.807) is 0 Å². The number of oxime groups is 1. The molecule has 13 heavy (non-hydrogen) atoms. The molecule has 0 bridgehead atoms. The predicted octanol–water partition coefficient (Wildman–Crippen LogP) is 1.49. The molecule has 0 unspecified atom stereocenters. The zero-order valence-corrected chi connectivity index (χ0v) is 9.65. The highest BCUT2D eigenvalue weighted by Crippen LogP contribution is 2.48. The van der Waals surface area contributed by atoms with Crippen molar-refractivity contribution in [2.24, 2.45) is 5.16 Å². The van der Waals surface area contributed by atoms with Crippen LogP contribution in [0, 0.1) is 0 Å². The summed E-state index contributed by atoms with van der Waals surface area (Å²) in [6, 6.07) is 0. The molecule has 0 aromatic carbocycles. The van der Waals surface area contributed by atoms with E-state index in [9.17, 15) is 4.79 Å². The van der Waals surface area contributed by atoms with Crippen molar-refractivity contribution in [1.29, 1.82) is 0 Å². The summed E-state index contributed by atoms with van der Waals surface area (Å²) in [7, 11) is 2.73. The summed E-state index contributed by atoms with van der Waals surface area (Å²) >= 11 is 4.84. The lowest BCUT2D eigenvalue weighted by atomic mass is 10.3. The van der Waals surface area contributed by atoms with Crippen molar-refractivity contribution in [3.05, 3.63) is 0 Å². The maximum atomic E-state index is 10.7. The molecule has 0 aromatic heterocycles. The van der Waals surface area contributed by atoms with E-state index >= 15 is 0 Å². The Hall–Kier alpha value is -0.290. The van der Waals surface area contributed by atoms with Gasteiger partial charge in [-0.1, -0.05) is 5.16 Å². The highest BCUT2D eigenvalue weighted by molar-refractivity contribution is 8.07. The Bertz CT molecular complexity index is 257. The molecular weight excluding hydrogens is 213 g/mol. The van der Waals surface area contributed by atoms with E-state index in [0.29, 0.717) is 0 Å². The molecule has 0 aliphatic rings. The fourth-order valence-electron chi connectivity index (χ4n) is 0.317. The maximum absolute atomic E-state index is 10.7. The lowest BCUT2D eigenvalue weighted by Crippen LogP contribution is -2.05. The van der Waals surface area contributed by atoms with Gasteiger partial charge < -0.3 is 13.7 Å². The van der Waals surface area contributed by atoms with E-state index in [4.69, 9.17) is 25.5 Å². The molecular formula is C6H12NO4PS. The van der Waals surface area contributed by atoms with Crippen molar-refractivity contribution in [1.82, 2.24) is 0 Å². The van der Waals surface area contributed by atoms with Crippen LogP contribution in [-0.2, 0) is 30.3 Å². The van der Waals surface area contributed by atoms with Crippen LogP contribution in [0.15, 0.2) is 5.16 Å². The lowest BCUT2D eigenvalue weighted by Gasteiger charge is -2.13. The summed E-state index contributed by atoms with van der Waals surface area (Å²) in [6.45, 7) is 0.120. The van der Waals surface area contributed by atoms with Crippen molar-refractivity contribution < 1.29 is 18.5 Å². The molecule has 0 rings (SSSR count). The number of Topliss-reactive ketones (excluding diaryl/α,β-unsaturated/α-hetero) is 1. The topological polar surface area (TPSA) is 57.1 Å². The fourth-order valence-corrected chi connectivity index (χ4v) is 0.922. The Kier molecular flexibility index (Phi) is 5.32. The van der Waals surface area contributed by atoms with Crippen molar-refractivity contribution in [2.75, 3.05) is 14.2 Å². The largest absolute Gasteiger partial charge is 0.401 e. The Balaban J connectivity index is 4.37. The van der Waals surface area contributed by atoms with Crippen LogP contribution in [0.3, 0.4) is 0 Å². The third-order valence-corrected chi connectivity index (χ3v) is 3.50. The van der Waals surface area contributed by atoms with Crippen LogP contribution >= 0.6 is 6.72 Å². The number of ketones is 1. The molecule has 0 aromatic rings. The number of hydrogen-bond acceptors (Lipinski definition) is 6. The fraction of sp³-hybridized carbons (Fsp3) is 0.667. The van der Waals surface area contributed by atoms with Crippen LogP contribution in [0.1, 0.15) is 13.8 Å². The molecule has 0 fully saturated rings. The summed E-state index contributed by atoms with van der Waals surface area (Å²) in [5, 5.41) is 3.50. The van der Waals surface area contributed by atoms with E-state index < -0.39 is 6.72 Å². The van der Waals surface area contributed by atoms with Gasteiger partial charge in [0, 0.05) is 33.0 Å². The molecule has 0 radical (unpaired) electrons. The monoisotopic (exact) mass is 225 g/mol. The third-order valence-electron chi connectivity index (χ3n) is 1.23. The molecule has 76 valence electrons. The minimum absolute atomic E-state index is 0.186. The van der Waals surface area contributed by atoms with E-state index in [-0.39, 0.29) is 11.5 Å². The highest BCUT2D eigenvalue weighted by atomic mass is 32.5. The van der Waals surface area contributed by atoms with Crippen LogP contribution in [0.2, 0.25) is 0 Å². The van der Waals surface area contributed by atoms with Gasteiger partial charge >= 0.3 is 6.72 Å². The first-order chi connectivity index (χ1) is 5.95. The molecule has 0 spiro atoms. The van der Waals surface area contributed by atoms with Crippen LogP contribution in [0.4, 0.5) is 0 Å². The molecule has 7 heteroatoms. The molecule has 0 saturated carbocycles. The van der Waals surface area contributed by atoms with Crippen molar-refractivity contribution >= 4 is 30.0 Å². The Morgan fingerprint density at radius 3 is 2.08 bits per heavy atom. The first-order valence-electron chi connectivity index (χ1n) is 3.41. The summed E-state index contributed by atoms with van der Waals surface area (Å²) in [6.07, 6.45) is 0. The van der Waals surface area contributed by atoms with E-state index in [0.717, 1.165) is 0 Å². The second kappa shape index (κ2) is 5.44. The minimum Gasteiger partial charge on any atom is -0.313 e. The molecule has 0 heterocycles. The second-order valence-electron chi connectivity index (χ2n) is 2.13. The summed E-state index contributed by atoms with van der Waals surface area (Å²) in [5.74, 6) is -0.186.